The summed E-state index contributed by atoms with van der Waals surface area (Å²) >= 11 is 0. The second-order valence-electron chi connectivity index (χ2n) is 8.66. The van der Waals surface area contributed by atoms with Gasteiger partial charge in [0, 0.05) is 42.7 Å². The maximum Gasteiger partial charge on any atom is 0.239 e. The molecule has 2 N–H and O–H groups in total. The minimum Gasteiger partial charge on any atom is -0.361 e. The van der Waals surface area contributed by atoms with E-state index in [-0.39, 0.29) is 17.9 Å². The summed E-state index contributed by atoms with van der Waals surface area (Å²) in [7, 11) is 0. The standard InChI is InChI=1S/C28H29N3O/c1-20(28(32)31-16-15-21-9-5-6-12-23(21)19-31)29-17-25(22-10-3-2-4-11-22)26-18-30-27-14-8-7-13-24(26)27/h2-14,18,20,25,29-30H,15-17,19H2,1H3/t20-,25-/m0/s1. The van der Waals surface area contributed by atoms with Crippen LogP contribution < -0.4 is 5.32 Å². The lowest BCUT2D eigenvalue weighted by Gasteiger charge is -2.31. The molecule has 0 saturated carbocycles. The van der Waals surface area contributed by atoms with Gasteiger partial charge in [0.25, 0.3) is 0 Å². The molecule has 4 heteroatoms. The summed E-state index contributed by atoms with van der Waals surface area (Å²) in [6.07, 6.45) is 3.04. The van der Waals surface area contributed by atoms with E-state index in [1.165, 1.54) is 27.6 Å². The predicted octanol–water partition coefficient (Wildman–Crippen LogP) is 4.86. The zero-order valence-electron chi connectivity index (χ0n) is 18.4. The van der Waals surface area contributed by atoms with Crippen LogP contribution in [0.15, 0.2) is 85.1 Å². The van der Waals surface area contributed by atoms with E-state index in [4.69, 9.17) is 0 Å². The van der Waals surface area contributed by atoms with Crippen molar-refractivity contribution < 1.29 is 4.79 Å². The van der Waals surface area contributed by atoms with E-state index in [0.717, 1.165) is 18.5 Å². The number of H-pyrrole nitrogens is 1. The van der Waals surface area contributed by atoms with Crippen LogP contribution in [0.2, 0.25) is 0 Å². The molecule has 0 unspecified atom stereocenters. The average molecular weight is 424 g/mol. The first-order chi connectivity index (χ1) is 15.7. The molecule has 0 aliphatic carbocycles. The number of nitrogens with zero attached hydrogens (tertiary/aromatic N) is 1. The van der Waals surface area contributed by atoms with E-state index in [9.17, 15) is 4.79 Å². The normalized spacial score (nSPS) is 15.3. The van der Waals surface area contributed by atoms with Crippen molar-refractivity contribution in [2.45, 2.75) is 31.8 Å². The monoisotopic (exact) mass is 423 g/mol. The van der Waals surface area contributed by atoms with Crippen molar-refractivity contribution in [2.75, 3.05) is 13.1 Å². The van der Waals surface area contributed by atoms with Gasteiger partial charge in [-0.15, -0.1) is 0 Å². The summed E-state index contributed by atoms with van der Waals surface area (Å²) in [5.74, 6) is 0.329. The fourth-order valence-electron chi connectivity index (χ4n) is 4.81. The summed E-state index contributed by atoms with van der Waals surface area (Å²) in [6.45, 7) is 4.17. The van der Waals surface area contributed by atoms with Crippen molar-refractivity contribution in [3.63, 3.8) is 0 Å². The Morgan fingerprint density at radius 2 is 1.69 bits per heavy atom. The lowest BCUT2D eigenvalue weighted by atomic mass is 9.90. The predicted molar refractivity (Wildman–Crippen MR) is 130 cm³/mol. The minimum absolute atomic E-state index is 0.157. The molecule has 5 rings (SSSR count). The summed E-state index contributed by atoms with van der Waals surface area (Å²) in [6, 6.07) is 27.1. The number of benzene rings is 3. The average Bonchev–Trinajstić information content (AvgIpc) is 3.28. The van der Waals surface area contributed by atoms with E-state index >= 15 is 0 Å². The third kappa shape index (κ3) is 4.06. The molecular formula is C28H29N3O. The van der Waals surface area contributed by atoms with Crippen LogP contribution in [-0.4, -0.2) is 34.9 Å². The summed E-state index contributed by atoms with van der Waals surface area (Å²) in [5.41, 5.74) is 6.27. The van der Waals surface area contributed by atoms with E-state index in [1.807, 2.05) is 17.9 Å². The number of fused-ring (bicyclic) bond motifs is 2. The van der Waals surface area contributed by atoms with Crippen LogP contribution in [-0.2, 0) is 17.8 Å². The first kappa shape index (κ1) is 20.5. The van der Waals surface area contributed by atoms with Gasteiger partial charge in [-0.1, -0.05) is 72.8 Å². The maximum absolute atomic E-state index is 13.2. The van der Waals surface area contributed by atoms with Gasteiger partial charge in [-0.25, -0.2) is 0 Å². The van der Waals surface area contributed by atoms with Gasteiger partial charge in [-0.2, -0.15) is 0 Å². The second kappa shape index (κ2) is 9.01. The Labute approximate surface area is 189 Å². The van der Waals surface area contributed by atoms with Gasteiger partial charge in [-0.05, 0) is 41.7 Å². The van der Waals surface area contributed by atoms with Gasteiger partial charge in [0.05, 0.1) is 6.04 Å². The molecule has 0 saturated heterocycles. The van der Waals surface area contributed by atoms with E-state index in [1.54, 1.807) is 0 Å². The molecule has 1 amide bonds. The SMILES string of the molecule is C[C@H](NC[C@@H](c1ccccc1)c1c[nH]c2ccccc12)C(=O)N1CCc2ccccc2C1. The molecule has 2 heterocycles. The fourth-order valence-corrected chi connectivity index (χ4v) is 4.81. The number of hydrogen-bond acceptors (Lipinski definition) is 2. The second-order valence-corrected chi connectivity index (χ2v) is 8.66. The molecule has 0 radical (unpaired) electrons. The Morgan fingerprint density at radius 3 is 2.53 bits per heavy atom. The van der Waals surface area contributed by atoms with Crippen LogP contribution in [0.5, 0.6) is 0 Å². The summed E-state index contributed by atoms with van der Waals surface area (Å²) in [4.78, 5) is 18.6. The molecule has 32 heavy (non-hydrogen) atoms. The van der Waals surface area contributed by atoms with Gasteiger partial charge in [0.15, 0.2) is 0 Å². The molecule has 162 valence electrons. The first-order valence-corrected chi connectivity index (χ1v) is 11.4. The lowest BCUT2D eigenvalue weighted by Crippen LogP contribution is -2.47. The van der Waals surface area contributed by atoms with E-state index < -0.39 is 0 Å². The number of hydrogen-bond donors (Lipinski definition) is 2. The molecule has 0 bridgehead atoms. The zero-order chi connectivity index (χ0) is 21.9. The highest BCUT2D eigenvalue weighted by Crippen LogP contribution is 2.30. The third-order valence-corrected chi connectivity index (χ3v) is 6.64. The number of aromatic amines is 1. The third-order valence-electron chi connectivity index (χ3n) is 6.64. The van der Waals surface area contributed by atoms with Crippen molar-refractivity contribution in [2.24, 2.45) is 0 Å². The van der Waals surface area contributed by atoms with Crippen LogP contribution in [0.4, 0.5) is 0 Å². The maximum atomic E-state index is 13.2. The number of amides is 1. The summed E-state index contributed by atoms with van der Waals surface area (Å²) < 4.78 is 0. The molecule has 1 aliphatic heterocycles. The van der Waals surface area contributed by atoms with E-state index in [0.29, 0.717) is 13.1 Å². The highest BCUT2D eigenvalue weighted by atomic mass is 16.2. The van der Waals surface area contributed by atoms with Crippen LogP contribution in [0.1, 0.15) is 35.1 Å². The fraction of sp³-hybridized carbons (Fsp3) is 0.250. The van der Waals surface area contributed by atoms with Crippen molar-refractivity contribution in [1.82, 2.24) is 15.2 Å². The van der Waals surface area contributed by atoms with Crippen LogP contribution in [0.25, 0.3) is 10.9 Å². The Hall–Kier alpha value is -3.37. The minimum atomic E-state index is -0.239. The molecule has 0 spiro atoms. The zero-order valence-corrected chi connectivity index (χ0v) is 18.4. The molecule has 1 aliphatic rings. The van der Waals surface area contributed by atoms with Crippen LogP contribution >= 0.6 is 0 Å². The van der Waals surface area contributed by atoms with Crippen molar-refractivity contribution >= 4 is 16.8 Å². The van der Waals surface area contributed by atoms with Gasteiger partial charge in [0.2, 0.25) is 5.91 Å². The Balaban J connectivity index is 1.33. The van der Waals surface area contributed by atoms with Crippen LogP contribution in [0, 0.1) is 0 Å². The Kier molecular flexibility index (Phi) is 5.78. The molecule has 4 nitrogen and oxygen atoms in total. The molecule has 2 atom stereocenters. The van der Waals surface area contributed by atoms with Crippen molar-refractivity contribution in [3.05, 3.63) is 107 Å². The Bertz CT molecular complexity index is 1210. The number of carbonyl (C=O) groups is 1. The smallest absolute Gasteiger partial charge is 0.239 e. The quantitative estimate of drug-likeness (QED) is 0.465. The van der Waals surface area contributed by atoms with Crippen molar-refractivity contribution in [1.29, 1.82) is 0 Å². The number of carbonyl (C=O) groups excluding carboxylic acids is 1. The summed E-state index contributed by atoms with van der Waals surface area (Å²) in [5, 5.41) is 4.78. The van der Waals surface area contributed by atoms with Crippen molar-refractivity contribution in [3.8, 4) is 0 Å². The topological polar surface area (TPSA) is 48.1 Å². The molecular weight excluding hydrogens is 394 g/mol. The molecule has 1 aromatic heterocycles. The number of para-hydroxylation sites is 1. The van der Waals surface area contributed by atoms with Gasteiger partial charge in [-0.3, -0.25) is 4.79 Å². The van der Waals surface area contributed by atoms with Gasteiger partial charge >= 0.3 is 0 Å². The van der Waals surface area contributed by atoms with Gasteiger partial charge in [0.1, 0.15) is 0 Å². The van der Waals surface area contributed by atoms with Gasteiger partial charge < -0.3 is 15.2 Å². The number of aromatic nitrogens is 1. The largest absolute Gasteiger partial charge is 0.361 e. The number of nitrogens with one attached hydrogen (secondary N) is 2. The Morgan fingerprint density at radius 1 is 0.969 bits per heavy atom. The van der Waals surface area contributed by atoms with Crippen LogP contribution in [0.3, 0.4) is 0 Å². The first-order valence-electron chi connectivity index (χ1n) is 11.4. The highest BCUT2D eigenvalue weighted by molar-refractivity contribution is 5.84. The molecule has 4 aromatic rings. The molecule has 3 aromatic carbocycles. The highest BCUT2D eigenvalue weighted by Gasteiger charge is 2.26. The van der Waals surface area contributed by atoms with E-state index in [2.05, 4.69) is 89.3 Å². The lowest BCUT2D eigenvalue weighted by molar-refractivity contribution is -0.134. The number of rotatable bonds is 6. The molecule has 0 fully saturated rings.